The molecule has 27 heavy (non-hydrogen) atoms. The minimum Gasteiger partial charge on any atom is -0.362 e. The van der Waals surface area contributed by atoms with Gasteiger partial charge in [-0.05, 0) is 49.7 Å². The molecule has 1 amide bonds. The van der Waals surface area contributed by atoms with Crippen LogP contribution < -0.4 is 10.6 Å². The van der Waals surface area contributed by atoms with Crippen molar-refractivity contribution in [3.63, 3.8) is 0 Å². The Morgan fingerprint density at radius 1 is 1.26 bits per heavy atom. The van der Waals surface area contributed by atoms with Crippen molar-refractivity contribution < 1.29 is 13.2 Å². The highest BCUT2D eigenvalue weighted by molar-refractivity contribution is 7.89. The highest BCUT2D eigenvalue weighted by atomic mass is 32.2. The van der Waals surface area contributed by atoms with Gasteiger partial charge in [0.15, 0.2) is 5.11 Å². The Bertz CT molecular complexity index is 766. The lowest BCUT2D eigenvalue weighted by molar-refractivity contribution is -0.130. The van der Waals surface area contributed by atoms with E-state index >= 15 is 0 Å². The molecule has 2 rings (SSSR count). The highest BCUT2D eigenvalue weighted by Gasteiger charge is 2.17. The minimum absolute atomic E-state index is 0.208. The third-order valence-corrected chi connectivity index (χ3v) is 6.49. The molecule has 7 nitrogen and oxygen atoms in total. The number of thiocarbonyl (C=S) groups is 1. The molecule has 1 saturated heterocycles. The summed E-state index contributed by atoms with van der Waals surface area (Å²) in [6, 6.07) is 6.54. The van der Waals surface area contributed by atoms with Crippen LogP contribution in [-0.4, -0.2) is 62.4 Å². The topological polar surface area (TPSA) is 81.8 Å². The molecule has 1 fully saturated rings. The van der Waals surface area contributed by atoms with Crippen LogP contribution in [0.4, 0.5) is 5.69 Å². The number of likely N-dealkylation sites (tertiary alicyclic amines) is 1. The van der Waals surface area contributed by atoms with Crippen molar-refractivity contribution in [3.05, 3.63) is 24.3 Å². The van der Waals surface area contributed by atoms with Crippen LogP contribution in [0.2, 0.25) is 0 Å². The first-order valence-corrected chi connectivity index (χ1v) is 11.0. The van der Waals surface area contributed by atoms with Gasteiger partial charge >= 0.3 is 0 Å². The molecule has 0 spiro atoms. The van der Waals surface area contributed by atoms with Crippen molar-refractivity contribution in [1.82, 2.24) is 14.5 Å². The fourth-order valence-corrected chi connectivity index (χ4v) is 4.04. The number of sulfonamides is 1. The van der Waals surface area contributed by atoms with Gasteiger partial charge in [0.1, 0.15) is 0 Å². The molecule has 9 heteroatoms. The van der Waals surface area contributed by atoms with Gasteiger partial charge in [-0.25, -0.2) is 12.7 Å². The van der Waals surface area contributed by atoms with E-state index < -0.39 is 10.0 Å². The summed E-state index contributed by atoms with van der Waals surface area (Å²) in [5.41, 5.74) is 0.609. The number of rotatable bonds is 7. The summed E-state index contributed by atoms with van der Waals surface area (Å²) in [5.74, 6) is 0.243. The molecule has 1 aliphatic rings. The van der Waals surface area contributed by atoms with Gasteiger partial charge in [-0.2, -0.15) is 0 Å². The predicted molar refractivity (Wildman–Crippen MR) is 111 cm³/mol. The van der Waals surface area contributed by atoms with Gasteiger partial charge in [-0.3, -0.25) is 4.79 Å². The summed E-state index contributed by atoms with van der Waals surface area (Å²) >= 11 is 5.28. The summed E-state index contributed by atoms with van der Waals surface area (Å²) in [5, 5.41) is 6.54. The first kappa shape index (κ1) is 21.6. The molecule has 0 saturated carbocycles. The molecule has 0 radical (unpaired) electrons. The van der Waals surface area contributed by atoms with E-state index in [0.717, 1.165) is 38.8 Å². The lowest BCUT2D eigenvalue weighted by atomic mass is 10.2. The van der Waals surface area contributed by atoms with Gasteiger partial charge in [-0.15, -0.1) is 0 Å². The monoisotopic (exact) mass is 412 g/mol. The van der Waals surface area contributed by atoms with Crippen LogP contribution in [0.15, 0.2) is 29.2 Å². The van der Waals surface area contributed by atoms with Gasteiger partial charge in [-0.1, -0.05) is 12.5 Å². The number of carbonyl (C=O) groups is 1. The molecule has 0 unspecified atom stereocenters. The maximum absolute atomic E-state index is 12.2. The molecule has 0 atom stereocenters. The molecule has 2 N–H and O–H groups in total. The number of anilines is 1. The van der Waals surface area contributed by atoms with Crippen LogP contribution in [0.1, 0.15) is 32.1 Å². The van der Waals surface area contributed by atoms with Crippen molar-refractivity contribution in [1.29, 1.82) is 0 Å². The van der Waals surface area contributed by atoms with Gasteiger partial charge < -0.3 is 15.5 Å². The fraction of sp³-hybridized carbons (Fsp3) is 0.556. The number of nitrogens with one attached hydrogen (secondary N) is 2. The van der Waals surface area contributed by atoms with Crippen LogP contribution >= 0.6 is 12.2 Å². The Morgan fingerprint density at radius 2 is 2.04 bits per heavy atom. The van der Waals surface area contributed by atoms with E-state index in [2.05, 4.69) is 10.6 Å². The maximum atomic E-state index is 12.2. The molecule has 1 aromatic rings. The second kappa shape index (κ2) is 10.0. The number of amides is 1. The van der Waals surface area contributed by atoms with Gasteiger partial charge in [0, 0.05) is 45.8 Å². The van der Waals surface area contributed by atoms with Crippen molar-refractivity contribution in [2.24, 2.45) is 0 Å². The molecular formula is C18H28N4O3S2. The van der Waals surface area contributed by atoms with Crippen LogP contribution in [0.3, 0.4) is 0 Å². The molecule has 0 bridgehead atoms. The zero-order valence-corrected chi connectivity index (χ0v) is 17.5. The van der Waals surface area contributed by atoms with E-state index in [1.54, 1.807) is 24.3 Å². The Hall–Kier alpha value is -1.71. The van der Waals surface area contributed by atoms with Crippen LogP contribution in [0.25, 0.3) is 0 Å². The van der Waals surface area contributed by atoms with Gasteiger partial charge in [0.25, 0.3) is 0 Å². The molecule has 150 valence electrons. The number of carbonyl (C=O) groups excluding carboxylic acids is 1. The van der Waals surface area contributed by atoms with Gasteiger partial charge in [0.2, 0.25) is 15.9 Å². The van der Waals surface area contributed by atoms with E-state index in [1.165, 1.54) is 18.4 Å². The maximum Gasteiger partial charge on any atom is 0.242 e. The van der Waals surface area contributed by atoms with E-state index in [-0.39, 0.29) is 10.8 Å². The third kappa shape index (κ3) is 6.44. The van der Waals surface area contributed by atoms with Crippen molar-refractivity contribution >= 4 is 38.9 Å². The van der Waals surface area contributed by atoms with Crippen molar-refractivity contribution in [3.8, 4) is 0 Å². The minimum atomic E-state index is -3.48. The smallest absolute Gasteiger partial charge is 0.242 e. The number of benzene rings is 1. The van der Waals surface area contributed by atoms with Crippen LogP contribution in [-0.2, 0) is 14.8 Å². The first-order valence-electron chi connectivity index (χ1n) is 9.16. The predicted octanol–water partition coefficient (Wildman–Crippen LogP) is 2.02. The standard InChI is InChI=1S/C18H28N4O3S2/c1-21(2)27(24,25)16-9-6-8-15(14-16)20-18(26)19-11-7-13-22-12-5-3-4-10-17(22)23/h6,8-9,14H,3-5,7,10-13H2,1-2H3,(H2,19,20,26). The van der Waals surface area contributed by atoms with Crippen LogP contribution in [0.5, 0.6) is 0 Å². The quantitative estimate of drug-likeness (QED) is 0.527. The SMILES string of the molecule is CN(C)S(=O)(=O)c1cccc(NC(=S)NCCCN2CCCCCC2=O)c1. The van der Waals surface area contributed by atoms with E-state index in [4.69, 9.17) is 12.2 Å². The molecular weight excluding hydrogens is 384 g/mol. The lowest BCUT2D eigenvalue weighted by Gasteiger charge is -2.20. The van der Waals surface area contributed by atoms with Crippen molar-refractivity contribution in [2.75, 3.05) is 39.0 Å². The van der Waals surface area contributed by atoms with Gasteiger partial charge in [0.05, 0.1) is 4.90 Å². The third-order valence-electron chi connectivity index (χ3n) is 4.43. The molecule has 1 heterocycles. The lowest BCUT2D eigenvalue weighted by Crippen LogP contribution is -2.35. The molecule has 0 aliphatic carbocycles. The number of nitrogens with zero attached hydrogens (tertiary/aromatic N) is 2. The second-order valence-corrected chi connectivity index (χ2v) is 9.30. The highest BCUT2D eigenvalue weighted by Crippen LogP contribution is 2.18. The van der Waals surface area contributed by atoms with Crippen LogP contribution in [0, 0.1) is 0 Å². The largest absolute Gasteiger partial charge is 0.362 e. The Labute approximate surface area is 167 Å². The average Bonchev–Trinajstić information content (AvgIpc) is 2.83. The normalized spacial score (nSPS) is 15.5. The fourth-order valence-electron chi connectivity index (χ4n) is 2.87. The Balaban J connectivity index is 1.80. The molecule has 1 aromatic carbocycles. The first-order chi connectivity index (χ1) is 12.8. The summed E-state index contributed by atoms with van der Waals surface area (Å²) in [6.07, 6.45) is 4.65. The van der Waals surface area contributed by atoms with E-state index in [9.17, 15) is 13.2 Å². The second-order valence-electron chi connectivity index (χ2n) is 6.74. The molecule has 0 aromatic heterocycles. The zero-order chi connectivity index (χ0) is 19.9. The summed E-state index contributed by atoms with van der Waals surface area (Å²) in [7, 11) is -0.491. The number of hydrogen-bond donors (Lipinski definition) is 2. The summed E-state index contributed by atoms with van der Waals surface area (Å²) in [4.78, 5) is 14.1. The summed E-state index contributed by atoms with van der Waals surface area (Å²) < 4.78 is 25.6. The van der Waals surface area contributed by atoms with E-state index in [1.807, 2.05) is 4.90 Å². The number of hydrogen-bond acceptors (Lipinski definition) is 4. The Kier molecular flexibility index (Phi) is 8.00. The van der Waals surface area contributed by atoms with E-state index in [0.29, 0.717) is 23.8 Å². The average molecular weight is 413 g/mol. The zero-order valence-electron chi connectivity index (χ0n) is 15.9. The van der Waals surface area contributed by atoms with Crippen molar-refractivity contribution in [2.45, 2.75) is 37.0 Å². The summed E-state index contributed by atoms with van der Waals surface area (Å²) in [6.45, 7) is 2.21. The Morgan fingerprint density at radius 3 is 2.78 bits per heavy atom. The molecule has 1 aliphatic heterocycles.